The largest absolute Gasteiger partial charge is 0.494 e. The number of hydrogen-bond acceptors (Lipinski definition) is 3. The van der Waals surface area contributed by atoms with E-state index in [9.17, 15) is 0 Å². The zero-order chi connectivity index (χ0) is 10.9. The first kappa shape index (κ1) is 11.5. The molecule has 80 valence electrons. The summed E-state index contributed by atoms with van der Waals surface area (Å²) >= 11 is 0. The van der Waals surface area contributed by atoms with Gasteiger partial charge >= 0.3 is 0 Å². The number of hydrogen-bond donors (Lipinski definition) is 1. The average Bonchev–Trinajstić information content (AvgIpc) is 2.29. The highest BCUT2D eigenvalue weighted by atomic mass is 16.5. The number of nitriles is 1. The van der Waals surface area contributed by atoms with Crippen molar-refractivity contribution in [3.63, 3.8) is 0 Å². The van der Waals surface area contributed by atoms with Gasteiger partial charge in [0.05, 0.1) is 18.7 Å². The van der Waals surface area contributed by atoms with Crippen molar-refractivity contribution in [2.75, 3.05) is 13.2 Å². The van der Waals surface area contributed by atoms with Gasteiger partial charge in [-0.2, -0.15) is 5.26 Å². The number of benzene rings is 1. The summed E-state index contributed by atoms with van der Waals surface area (Å²) in [5.74, 6) is 0.894. The molecule has 3 heteroatoms. The molecule has 0 spiro atoms. The highest BCUT2D eigenvalue weighted by Crippen LogP contribution is 2.07. The van der Waals surface area contributed by atoms with E-state index >= 15 is 0 Å². The van der Waals surface area contributed by atoms with Crippen LogP contribution < -0.4 is 10.1 Å². The Morgan fingerprint density at radius 2 is 2.13 bits per heavy atom. The van der Waals surface area contributed by atoms with Crippen molar-refractivity contribution >= 4 is 0 Å². The predicted molar refractivity (Wildman–Crippen MR) is 59.6 cm³/mol. The van der Waals surface area contributed by atoms with Crippen LogP contribution in [0.3, 0.4) is 0 Å². The minimum Gasteiger partial charge on any atom is -0.494 e. The van der Waals surface area contributed by atoms with E-state index in [1.807, 2.05) is 37.3 Å². The van der Waals surface area contributed by atoms with Crippen LogP contribution in [-0.4, -0.2) is 19.2 Å². The van der Waals surface area contributed by atoms with Crippen LogP contribution in [0.25, 0.3) is 0 Å². The maximum atomic E-state index is 8.53. The van der Waals surface area contributed by atoms with Gasteiger partial charge in [0, 0.05) is 0 Å². The van der Waals surface area contributed by atoms with Gasteiger partial charge in [0.1, 0.15) is 5.75 Å². The minimum atomic E-state index is -0.0817. The molecule has 1 rings (SSSR count). The fourth-order valence-electron chi connectivity index (χ4n) is 1.14. The zero-order valence-electron chi connectivity index (χ0n) is 8.94. The highest BCUT2D eigenvalue weighted by molar-refractivity contribution is 5.20. The number of rotatable bonds is 6. The molecule has 0 saturated heterocycles. The van der Waals surface area contributed by atoms with Crippen molar-refractivity contribution in [2.24, 2.45) is 0 Å². The van der Waals surface area contributed by atoms with E-state index in [1.165, 1.54) is 0 Å². The Morgan fingerprint density at radius 3 is 2.80 bits per heavy atom. The van der Waals surface area contributed by atoms with Gasteiger partial charge in [-0.15, -0.1) is 0 Å². The molecule has 0 aliphatic heterocycles. The van der Waals surface area contributed by atoms with Gasteiger partial charge < -0.3 is 10.1 Å². The van der Waals surface area contributed by atoms with E-state index in [0.717, 1.165) is 18.7 Å². The van der Waals surface area contributed by atoms with Crippen LogP contribution in [0.4, 0.5) is 0 Å². The molecule has 1 aromatic carbocycles. The summed E-state index contributed by atoms with van der Waals surface area (Å²) in [4.78, 5) is 0. The predicted octanol–water partition coefficient (Wildman–Crippen LogP) is 1.96. The van der Waals surface area contributed by atoms with Crippen LogP contribution in [0.2, 0.25) is 0 Å². The molecule has 0 saturated carbocycles. The van der Waals surface area contributed by atoms with Gasteiger partial charge in [0.25, 0.3) is 0 Å². The van der Waals surface area contributed by atoms with E-state index in [1.54, 1.807) is 0 Å². The lowest BCUT2D eigenvalue weighted by Crippen LogP contribution is -2.26. The Bertz CT molecular complexity index is 305. The van der Waals surface area contributed by atoms with E-state index in [4.69, 9.17) is 10.00 Å². The summed E-state index contributed by atoms with van der Waals surface area (Å²) in [5, 5.41) is 11.6. The maximum Gasteiger partial charge on any atom is 0.119 e. The minimum absolute atomic E-state index is 0.0817. The van der Waals surface area contributed by atoms with Gasteiger partial charge in [-0.1, -0.05) is 18.2 Å². The topological polar surface area (TPSA) is 45.0 Å². The summed E-state index contributed by atoms with van der Waals surface area (Å²) in [6.07, 6.45) is 0.904. The molecule has 0 fully saturated rings. The molecule has 1 unspecified atom stereocenters. The standard InChI is InChI=1S/C12H16N2O/c1-11(10-13)14-8-5-9-15-12-6-3-2-4-7-12/h2-4,6-7,11,14H,5,8-9H2,1H3. The molecule has 1 atom stereocenters. The zero-order valence-corrected chi connectivity index (χ0v) is 8.94. The number of nitrogens with one attached hydrogen (secondary N) is 1. The van der Waals surface area contributed by atoms with Crippen LogP contribution in [0.5, 0.6) is 5.75 Å². The van der Waals surface area contributed by atoms with Crippen LogP contribution in [-0.2, 0) is 0 Å². The molecule has 0 bridgehead atoms. The number of nitrogens with zero attached hydrogens (tertiary/aromatic N) is 1. The molecule has 0 aliphatic rings. The first-order valence-electron chi connectivity index (χ1n) is 5.14. The Hall–Kier alpha value is -1.53. The molecule has 15 heavy (non-hydrogen) atoms. The lowest BCUT2D eigenvalue weighted by atomic mass is 10.3. The second kappa shape index (κ2) is 6.86. The number of ether oxygens (including phenoxy) is 1. The van der Waals surface area contributed by atoms with Crippen LogP contribution in [0.1, 0.15) is 13.3 Å². The molecule has 1 aromatic rings. The summed E-state index contributed by atoms with van der Waals surface area (Å²) in [5.41, 5.74) is 0. The Kier molecular flexibility index (Phi) is 5.28. The first-order valence-corrected chi connectivity index (χ1v) is 5.14. The molecule has 0 aliphatic carbocycles. The van der Waals surface area contributed by atoms with Crippen molar-refractivity contribution < 1.29 is 4.74 Å². The maximum absolute atomic E-state index is 8.53. The monoisotopic (exact) mass is 204 g/mol. The average molecular weight is 204 g/mol. The first-order chi connectivity index (χ1) is 7.33. The SMILES string of the molecule is CC(C#N)NCCCOc1ccccc1. The van der Waals surface area contributed by atoms with E-state index < -0.39 is 0 Å². The molecular formula is C12H16N2O. The van der Waals surface area contributed by atoms with Crippen LogP contribution in [0, 0.1) is 11.3 Å². The fourth-order valence-corrected chi connectivity index (χ4v) is 1.14. The lowest BCUT2D eigenvalue weighted by molar-refractivity contribution is 0.307. The second-order valence-corrected chi connectivity index (χ2v) is 3.32. The van der Waals surface area contributed by atoms with Gasteiger partial charge in [0.15, 0.2) is 0 Å². The molecule has 1 N–H and O–H groups in total. The van der Waals surface area contributed by atoms with Gasteiger partial charge in [-0.25, -0.2) is 0 Å². The summed E-state index contributed by atoms with van der Waals surface area (Å²) in [7, 11) is 0. The van der Waals surface area contributed by atoms with Crippen LogP contribution >= 0.6 is 0 Å². The lowest BCUT2D eigenvalue weighted by Gasteiger charge is -2.07. The Balaban J connectivity index is 2.06. The molecule has 0 radical (unpaired) electrons. The van der Waals surface area contributed by atoms with E-state index in [-0.39, 0.29) is 6.04 Å². The van der Waals surface area contributed by atoms with Gasteiger partial charge in [0.2, 0.25) is 0 Å². The van der Waals surface area contributed by atoms with Crippen molar-refractivity contribution in [2.45, 2.75) is 19.4 Å². The Labute approximate surface area is 90.7 Å². The number of para-hydroxylation sites is 1. The van der Waals surface area contributed by atoms with Gasteiger partial charge in [-0.3, -0.25) is 0 Å². The smallest absolute Gasteiger partial charge is 0.119 e. The normalized spacial score (nSPS) is 11.7. The van der Waals surface area contributed by atoms with Crippen LogP contribution in [0.15, 0.2) is 30.3 Å². The highest BCUT2D eigenvalue weighted by Gasteiger charge is 1.96. The summed E-state index contributed by atoms with van der Waals surface area (Å²) in [6, 6.07) is 11.8. The third kappa shape index (κ3) is 5.04. The van der Waals surface area contributed by atoms with Crippen molar-refractivity contribution in [1.82, 2.24) is 5.32 Å². The summed E-state index contributed by atoms with van der Waals surface area (Å²) in [6.45, 7) is 3.33. The summed E-state index contributed by atoms with van der Waals surface area (Å²) < 4.78 is 5.50. The quantitative estimate of drug-likeness (QED) is 0.720. The molecule has 0 heterocycles. The third-order valence-electron chi connectivity index (χ3n) is 1.98. The second-order valence-electron chi connectivity index (χ2n) is 3.32. The molecule has 0 amide bonds. The Morgan fingerprint density at radius 1 is 1.40 bits per heavy atom. The fraction of sp³-hybridized carbons (Fsp3) is 0.417. The van der Waals surface area contributed by atoms with Crippen molar-refractivity contribution in [3.8, 4) is 11.8 Å². The van der Waals surface area contributed by atoms with Gasteiger partial charge in [-0.05, 0) is 32.0 Å². The van der Waals surface area contributed by atoms with Crippen molar-refractivity contribution in [3.05, 3.63) is 30.3 Å². The van der Waals surface area contributed by atoms with E-state index in [2.05, 4.69) is 11.4 Å². The molecule has 3 nitrogen and oxygen atoms in total. The van der Waals surface area contributed by atoms with Crippen molar-refractivity contribution in [1.29, 1.82) is 5.26 Å². The van der Waals surface area contributed by atoms with E-state index in [0.29, 0.717) is 6.61 Å². The third-order valence-corrected chi connectivity index (χ3v) is 1.98. The molecule has 0 aromatic heterocycles. The molecular weight excluding hydrogens is 188 g/mol.